The van der Waals surface area contributed by atoms with Crippen LogP contribution in [0.3, 0.4) is 0 Å². The third-order valence-electron chi connectivity index (χ3n) is 1.54. The van der Waals surface area contributed by atoms with Crippen LogP contribution in [0.5, 0.6) is 0 Å². The molecule has 0 spiro atoms. The first-order chi connectivity index (χ1) is 6.15. The number of carbonyl (C=O) groups is 1. The second kappa shape index (κ2) is 16.1. The van der Waals surface area contributed by atoms with Crippen molar-refractivity contribution in [1.29, 1.82) is 0 Å². The molecular weight excluding hydrogens is 303 g/mol. The average molecular weight is 318 g/mol. The number of oxime groups is 1. The molecular formula is C8H15CaCl3N2O2. The molecule has 4 nitrogen and oxygen atoms in total. The zero-order valence-corrected chi connectivity index (χ0v) is 14.1. The Morgan fingerprint density at radius 1 is 1.25 bits per heavy atom. The van der Waals surface area contributed by atoms with E-state index < -0.39 is 6.09 Å². The Morgan fingerprint density at radius 3 is 2.00 bits per heavy atom. The summed E-state index contributed by atoms with van der Waals surface area (Å²) in [6.07, 6.45) is 0.101. The minimum Gasteiger partial charge on any atom is -1.00 e. The van der Waals surface area contributed by atoms with Gasteiger partial charge < -0.3 is 29.7 Å². The van der Waals surface area contributed by atoms with E-state index in [-0.39, 0.29) is 62.6 Å². The van der Waals surface area contributed by atoms with Gasteiger partial charge in [-0.05, 0) is 13.8 Å². The predicted octanol–water partition coefficient (Wildman–Crippen LogP) is -3.95. The van der Waals surface area contributed by atoms with Crippen LogP contribution in [-0.2, 0) is 4.84 Å². The molecule has 0 aliphatic carbocycles. The molecule has 0 saturated carbocycles. The van der Waals surface area contributed by atoms with E-state index in [1.54, 1.807) is 0 Å². The number of hydrogen-bond acceptors (Lipinski definition) is 3. The van der Waals surface area contributed by atoms with E-state index in [1.165, 1.54) is 4.90 Å². The molecule has 8 heteroatoms. The summed E-state index contributed by atoms with van der Waals surface area (Å²) in [6, 6.07) is 0. The van der Waals surface area contributed by atoms with Crippen molar-refractivity contribution in [1.82, 2.24) is 4.90 Å². The van der Waals surface area contributed by atoms with Gasteiger partial charge in [-0.3, -0.25) is 4.84 Å². The van der Waals surface area contributed by atoms with Crippen LogP contribution < -0.4 is 24.8 Å². The first-order valence-electron chi connectivity index (χ1n) is 4.33. The molecule has 0 unspecified atom stereocenters. The van der Waals surface area contributed by atoms with Crippen LogP contribution >= 0.6 is 11.6 Å². The van der Waals surface area contributed by atoms with E-state index in [0.29, 0.717) is 24.7 Å². The molecule has 0 fully saturated rings. The maximum absolute atomic E-state index is 11.2. The number of nitrogens with zero attached hydrogens (tertiary/aromatic N) is 2. The Labute approximate surface area is 144 Å². The Balaban J connectivity index is -0.000000240. The molecule has 0 aromatic rings. The number of rotatable bonds is 4. The van der Waals surface area contributed by atoms with Crippen molar-refractivity contribution in [2.24, 2.45) is 5.16 Å². The maximum atomic E-state index is 11.2. The van der Waals surface area contributed by atoms with Crippen LogP contribution in [0.15, 0.2) is 5.16 Å². The van der Waals surface area contributed by atoms with Gasteiger partial charge in [0.2, 0.25) is 0 Å². The molecule has 0 N–H and O–H groups in total. The maximum Gasteiger partial charge on any atom is 2.00 e. The molecule has 0 aromatic heterocycles. The molecule has 1 amide bonds. The topological polar surface area (TPSA) is 41.9 Å². The van der Waals surface area contributed by atoms with E-state index in [1.807, 2.05) is 20.8 Å². The standard InChI is InChI=1S/C8H15ClN2O2.Ca.2ClH/c1-4-7(9)10-13-8(12)11(5-2)6-3;;;/h4-6H2,1-3H3;;2*1H/q;+2;;/p-2/b10-7+;;;. The molecule has 0 aliphatic heterocycles. The fourth-order valence-corrected chi connectivity index (χ4v) is 0.727. The summed E-state index contributed by atoms with van der Waals surface area (Å²) < 4.78 is 0. The molecule has 92 valence electrons. The van der Waals surface area contributed by atoms with Gasteiger partial charge in [-0.15, -0.1) is 0 Å². The molecule has 0 bridgehead atoms. The van der Waals surface area contributed by atoms with E-state index in [9.17, 15) is 4.79 Å². The zero-order chi connectivity index (χ0) is 10.3. The Bertz CT molecular complexity index is 202. The van der Waals surface area contributed by atoms with Crippen LogP contribution in [0, 0.1) is 0 Å². The molecule has 0 rings (SSSR count). The minimum atomic E-state index is -0.461. The first kappa shape index (κ1) is 25.8. The summed E-state index contributed by atoms with van der Waals surface area (Å²) in [5, 5.41) is 3.74. The Morgan fingerprint density at radius 2 is 1.69 bits per heavy atom. The molecule has 0 atom stereocenters. The van der Waals surface area contributed by atoms with Crippen molar-refractivity contribution < 1.29 is 34.4 Å². The zero-order valence-electron chi connectivity index (χ0n) is 9.67. The van der Waals surface area contributed by atoms with Crippen molar-refractivity contribution in [2.75, 3.05) is 13.1 Å². The summed E-state index contributed by atoms with van der Waals surface area (Å²) in [5.74, 6) is 0. The fraction of sp³-hybridized carbons (Fsp3) is 0.750. The van der Waals surface area contributed by atoms with Crippen LogP contribution in [0.25, 0.3) is 0 Å². The Kier molecular flexibility index (Phi) is 25.9. The normalized spacial score (nSPS) is 9.12. The molecule has 0 heterocycles. The largest absolute Gasteiger partial charge is 2.00 e. The summed E-state index contributed by atoms with van der Waals surface area (Å²) in [5.41, 5.74) is 0. The van der Waals surface area contributed by atoms with E-state index >= 15 is 0 Å². The molecule has 16 heavy (non-hydrogen) atoms. The van der Waals surface area contributed by atoms with Crippen LogP contribution in [0.2, 0.25) is 0 Å². The van der Waals surface area contributed by atoms with Gasteiger partial charge >= 0.3 is 43.8 Å². The molecule has 0 aromatic carbocycles. The van der Waals surface area contributed by atoms with Crippen molar-refractivity contribution in [3.05, 3.63) is 0 Å². The average Bonchev–Trinajstić information content (AvgIpc) is 2.16. The van der Waals surface area contributed by atoms with Gasteiger partial charge in [-0.1, -0.05) is 23.7 Å². The van der Waals surface area contributed by atoms with Crippen molar-refractivity contribution in [3.63, 3.8) is 0 Å². The summed E-state index contributed by atoms with van der Waals surface area (Å²) >= 11 is 5.55. The van der Waals surface area contributed by atoms with Gasteiger partial charge in [0.25, 0.3) is 0 Å². The predicted molar refractivity (Wildman–Crippen MR) is 58.7 cm³/mol. The van der Waals surface area contributed by atoms with Gasteiger partial charge in [0.15, 0.2) is 0 Å². The Hall–Kier alpha value is 1.07. The summed E-state index contributed by atoms with van der Waals surface area (Å²) in [7, 11) is 0. The van der Waals surface area contributed by atoms with Crippen molar-refractivity contribution in [3.8, 4) is 0 Å². The number of hydrogen-bond donors (Lipinski definition) is 0. The van der Waals surface area contributed by atoms with E-state index in [2.05, 4.69) is 9.99 Å². The second-order valence-corrected chi connectivity index (χ2v) is 2.79. The van der Waals surface area contributed by atoms with Gasteiger partial charge in [0.1, 0.15) is 5.17 Å². The number of carbonyl (C=O) groups excluding carboxylic acids is 1. The number of amides is 1. The summed E-state index contributed by atoms with van der Waals surface area (Å²) in [6.45, 7) is 6.78. The first-order valence-corrected chi connectivity index (χ1v) is 4.71. The van der Waals surface area contributed by atoms with E-state index in [4.69, 9.17) is 11.6 Å². The molecule has 0 radical (unpaired) electrons. The van der Waals surface area contributed by atoms with E-state index in [0.717, 1.165) is 0 Å². The number of halogens is 3. The minimum absolute atomic E-state index is 0. The van der Waals surface area contributed by atoms with Crippen LogP contribution in [-0.4, -0.2) is 67.0 Å². The molecule has 0 aliphatic rings. The van der Waals surface area contributed by atoms with Crippen LogP contribution in [0.4, 0.5) is 4.79 Å². The molecule has 0 saturated heterocycles. The van der Waals surface area contributed by atoms with Crippen molar-refractivity contribution >= 4 is 60.6 Å². The van der Waals surface area contributed by atoms with Crippen LogP contribution in [0.1, 0.15) is 27.2 Å². The van der Waals surface area contributed by atoms with Gasteiger partial charge in [-0.25, -0.2) is 4.79 Å². The van der Waals surface area contributed by atoms with Gasteiger partial charge in [0.05, 0.1) is 0 Å². The van der Waals surface area contributed by atoms with Gasteiger partial charge in [0, 0.05) is 19.5 Å². The third kappa shape index (κ3) is 11.6. The smallest absolute Gasteiger partial charge is 1.00 e. The van der Waals surface area contributed by atoms with Gasteiger partial charge in [-0.2, -0.15) is 0 Å². The summed E-state index contributed by atoms with van der Waals surface area (Å²) in [4.78, 5) is 17.3. The SMILES string of the molecule is CC/C(Cl)=N\OC(=O)N(CC)CC.[Ca+2].[Cl-].[Cl-]. The second-order valence-electron chi connectivity index (χ2n) is 2.35. The van der Waals surface area contributed by atoms with Crippen molar-refractivity contribution in [2.45, 2.75) is 27.2 Å². The fourth-order valence-electron chi connectivity index (χ4n) is 0.693. The quantitative estimate of drug-likeness (QED) is 0.230. The monoisotopic (exact) mass is 316 g/mol. The third-order valence-corrected chi connectivity index (χ3v) is 1.87.